The lowest BCUT2D eigenvalue weighted by Crippen LogP contribution is -2.51. The Morgan fingerprint density at radius 3 is 2.06 bits per heavy atom. The summed E-state index contributed by atoms with van der Waals surface area (Å²) in [5.41, 5.74) is 2.75. The molecule has 1 atom stereocenters. The molecule has 0 aliphatic carbocycles. The fourth-order valence-corrected chi connectivity index (χ4v) is 3.75. The van der Waals surface area contributed by atoms with Crippen LogP contribution in [0.2, 0.25) is 5.02 Å². The Labute approximate surface area is 200 Å². The zero-order valence-electron chi connectivity index (χ0n) is 18.5. The van der Waals surface area contributed by atoms with Gasteiger partial charge in [0.1, 0.15) is 6.04 Å². The standard InChI is InChI=1S/C27H29ClN2O3/c28-24-14-12-22(13-15-24)19-26(32)30(20-23-10-5-2-6-11-23)25(27(33)29-16-7-17-31)18-21-8-3-1-4-9-21/h1-6,8-15,25,31H,7,16-20H2,(H,29,33). The van der Waals surface area contributed by atoms with Gasteiger partial charge in [-0.2, -0.15) is 0 Å². The van der Waals surface area contributed by atoms with E-state index in [9.17, 15) is 9.59 Å². The molecule has 0 spiro atoms. The highest BCUT2D eigenvalue weighted by atomic mass is 35.5. The molecule has 0 radical (unpaired) electrons. The first kappa shape index (κ1) is 24.5. The van der Waals surface area contributed by atoms with E-state index in [-0.39, 0.29) is 24.8 Å². The Morgan fingerprint density at radius 2 is 1.45 bits per heavy atom. The number of rotatable bonds is 11. The molecule has 0 aromatic heterocycles. The van der Waals surface area contributed by atoms with Gasteiger partial charge in [-0.05, 0) is 35.2 Å². The number of nitrogens with one attached hydrogen (secondary N) is 1. The van der Waals surface area contributed by atoms with Crippen molar-refractivity contribution in [3.05, 3.63) is 107 Å². The molecule has 0 heterocycles. The lowest BCUT2D eigenvalue weighted by molar-refractivity contribution is -0.140. The molecule has 6 heteroatoms. The van der Waals surface area contributed by atoms with Gasteiger partial charge in [0.2, 0.25) is 11.8 Å². The number of carbonyl (C=O) groups excluding carboxylic acids is 2. The smallest absolute Gasteiger partial charge is 0.243 e. The summed E-state index contributed by atoms with van der Waals surface area (Å²) in [5.74, 6) is -0.368. The van der Waals surface area contributed by atoms with Gasteiger partial charge in [0, 0.05) is 31.1 Å². The quantitative estimate of drug-likeness (QED) is 0.421. The van der Waals surface area contributed by atoms with E-state index in [1.165, 1.54) is 0 Å². The third-order valence-corrected chi connectivity index (χ3v) is 5.62. The van der Waals surface area contributed by atoms with Crippen molar-refractivity contribution < 1.29 is 14.7 Å². The van der Waals surface area contributed by atoms with Crippen LogP contribution in [0.5, 0.6) is 0 Å². The van der Waals surface area contributed by atoms with Gasteiger partial charge in [-0.25, -0.2) is 0 Å². The number of carbonyl (C=O) groups is 2. The molecule has 2 N–H and O–H groups in total. The van der Waals surface area contributed by atoms with E-state index in [0.29, 0.717) is 31.0 Å². The predicted octanol–water partition coefficient (Wildman–Crippen LogP) is 4.02. The van der Waals surface area contributed by atoms with Gasteiger partial charge in [0.05, 0.1) is 6.42 Å². The van der Waals surface area contributed by atoms with Crippen molar-refractivity contribution in [2.45, 2.75) is 31.8 Å². The van der Waals surface area contributed by atoms with Gasteiger partial charge in [-0.3, -0.25) is 9.59 Å². The number of aliphatic hydroxyl groups excluding tert-OH is 1. The van der Waals surface area contributed by atoms with Crippen molar-refractivity contribution in [1.82, 2.24) is 10.2 Å². The third-order valence-electron chi connectivity index (χ3n) is 5.37. The van der Waals surface area contributed by atoms with Gasteiger partial charge >= 0.3 is 0 Å². The Kier molecular flexibility index (Phi) is 9.48. The monoisotopic (exact) mass is 464 g/mol. The second-order valence-corrected chi connectivity index (χ2v) is 8.32. The number of hydrogen-bond acceptors (Lipinski definition) is 3. The Bertz CT molecular complexity index is 1010. The average Bonchev–Trinajstić information content (AvgIpc) is 2.84. The molecule has 1 unspecified atom stereocenters. The van der Waals surface area contributed by atoms with Gasteiger partial charge < -0.3 is 15.3 Å². The van der Waals surface area contributed by atoms with Crippen LogP contribution in [-0.2, 0) is 29.0 Å². The molecule has 3 aromatic carbocycles. The molecule has 0 saturated heterocycles. The molecule has 2 amide bonds. The molecule has 0 aliphatic rings. The van der Waals surface area contributed by atoms with Gasteiger partial charge in [0.15, 0.2) is 0 Å². The summed E-state index contributed by atoms with van der Waals surface area (Å²) >= 11 is 5.99. The molecule has 5 nitrogen and oxygen atoms in total. The van der Waals surface area contributed by atoms with Crippen molar-refractivity contribution in [2.75, 3.05) is 13.2 Å². The van der Waals surface area contributed by atoms with E-state index in [1.807, 2.05) is 72.8 Å². The fourth-order valence-electron chi connectivity index (χ4n) is 3.62. The number of halogens is 1. The normalized spacial score (nSPS) is 11.6. The summed E-state index contributed by atoms with van der Waals surface area (Å²) in [6.45, 7) is 0.663. The Hall–Kier alpha value is -3.15. The number of nitrogens with zero attached hydrogens (tertiary/aromatic N) is 1. The van der Waals surface area contributed by atoms with Gasteiger partial charge in [-0.15, -0.1) is 0 Å². The topological polar surface area (TPSA) is 69.6 Å². The minimum absolute atomic E-state index is 0.00708. The van der Waals surface area contributed by atoms with Crippen LogP contribution in [0.4, 0.5) is 0 Å². The van der Waals surface area contributed by atoms with E-state index in [2.05, 4.69) is 5.32 Å². The van der Waals surface area contributed by atoms with E-state index in [0.717, 1.165) is 16.7 Å². The first-order valence-electron chi connectivity index (χ1n) is 11.1. The molecule has 0 saturated carbocycles. The second kappa shape index (κ2) is 12.8. The van der Waals surface area contributed by atoms with Crippen molar-refractivity contribution in [1.29, 1.82) is 0 Å². The van der Waals surface area contributed by atoms with E-state index in [1.54, 1.807) is 17.0 Å². The summed E-state index contributed by atoms with van der Waals surface area (Å²) in [7, 11) is 0. The minimum atomic E-state index is -0.689. The van der Waals surface area contributed by atoms with Crippen molar-refractivity contribution in [3.8, 4) is 0 Å². The van der Waals surface area contributed by atoms with Crippen molar-refractivity contribution in [2.24, 2.45) is 0 Å². The molecule has 3 rings (SSSR count). The maximum Gasteiger partial charge on any atom is 0.243 e. The lowest BCUT2D eigenvalue weighted by atomic mass is 10.0. The molecule has 0 fully saturated rings. The summed E-state index contributed by atoms with van der Waals surface area (Å²) in [5, 5.41) is 12.6. The van der Waals surface area contributed by atoms with Crippen LogP contribution in [0.15, 0.2) is 84.9 Å². The number of hydrogen-bond donors (Lipinski definition) is 2. The molecule has 172 valence electrons. The molecule has 33 heavy (non-hydrogen) atoms. The van der Waals surface area contributed by atoms with Crippen LogP contribution in [0.25, 0.3) is 0 Å². The maximum absolute atomic E-state index is 13.5. The van der Waals surface area contributed by atoms with E-state index in [4.69, 9.17) is 16.7 Å². The van der Waals surface area contributed by atoms with Crippen LogP contribution >= 0.6 is 11.6 Å². The maximum atomic E-state index is 13.5. The highest BCUT2D eigenvalue weighted by Crippen LogP contribution is 2.17. The van der Waals surface area contributed by atoms with E-state index >= 15 is 0 Å². The SMILES string of the molecule is O=C(NCCCO)C(Cc1ccccc1)N(Cc1ccccc1)C(=O)Cc1ccc(Cl)cc1. The second-order valence-electron chi connectivity index (χ2n) is 7.88. The molecule has 3 aromatic rings. The highest BCUT2D eigenvalue weighted by Gasteiger charge is 2.30. The minimum Gasteiger partial charge on any atom is -0.396 e. The summed E-state index contributed by atoms with van der Waals surface area (Å²) in [6, 6.07) is 25.8. The van der Waals surface area contributed by atoms with Crippen LogP contribution in [0, 0.1) is 0 Å². The number of benzene rings is 3. The highest BCUT2D eigenvalue weighted by molar-refractivity contribution is 6.30. The summed E-state index contributed by atoms with van der Waals surface area (Å²) < 4.78 is 0. The fraction of sp³-hybridized carbons (Fsp3) is 0.259. The first-order chi connectivity index (χ1) is 16.1. The average molecular weight is 465 g/mol. The summed E-state index contributed by atoms with van der Waals surface area (Å²) in [6.07, 6.45) is 1.02. The van der Waals surface area contributed by atoms with Crippen LogP contribution < -0.4 is 5.32 Å². The van der Waals surface area contributed by atoms with Crippen LogP contribution in [0.1, 0.15) is 23.1 Å². The zero-order valence-corrected chi connectivity index (χ0v) is 19.2. The molecule has 0 bridgehead atoms. The molecular formula is C27H29ClN2O3. The van der Waals surface area contributed by atoms with Crippen molar-refractivity contribution in [3.63, 3.8) is 0 Å². The molecular weight excluding hydrogens is 436 g/mol. The van der Waals surface area contributed by atoms with Gasteiger partial charge in [0.25, 0.3) is 0 Å². The number of amides is 2. The van der Waals surface area contributed by atoms with Gasteiger partial charge in [-0.1, -0.05) is 84.4 Å². The first-order valence-corrected chi connectivity index (χ1v) is 11.4. The largest absolute Gasteiger partial charge is 0.396 e. The van der Waals surface area contributed by atoms with Crippen LogP contribution in [0.3, 0.4) is 0 Å². The molecule has 0 aliphatic heterocycles. The lowest BCUT2D eigenvalue weighted by Gasteiger charge is -2.31. The number of aliphatic hydroxyl groups is 1. The van der Waals surface area contributed by atoms with Crippen molar-refractivity contribution >= 4 is 23.4 Å². The summed E-state index contributed by atoms with van der Waals surface area (Å²) in [4.78, 5) is 28.5. The van der Waals surface area contributed by atoms with Crippen LogP contribution in [-0.4, -0.2) is 41.0 Å². The Balaban J connectivity index is 1.90. The van der Waals surface area contributed by atoms with E-state index < -0.39 is 6.04 Å². The zero-order chi connectivity index (χ0) is 23.5. The predicted molar refractivity (Wildman–Crippen MR) is 131 cm³/mol. The Morgan fingerprint density at radius 1 is 0.848 bits per heavy atom. The third kappa shape index (κ3) is 7.74.